The highest BCUT2D eigenvalue weighted by Crippen LogP contribution is 2.29. The highest BCUT2D eigenvalue weighted by molar-refractivity contribution is 5.84. The molecule has 0 aliphatic rings. The number of carbonyl (C=O) groups is 1. The molecule has 0 atom stereocenters. The molecule has 1 heterocycles. The van der Waals surface area contributed by atoms with E-state index in [0.29, 0.717) is 5.82 Å². The van der Waals surface area contributed by atoms with Gasteiger partial charge in [0.1, 0.15) is 11.6 Å². The third-order valence-electron chi connectivity index (χ3n) is 2.62. The predicted molar refractivity (Wildman–Crippen MR) is 72.0 cm³/mol. The van der Waals surface area contributed by atoms with Crippen molar-refractivity contribution < 1.29 is 14.6 Å². The Morgan fingerprint density at radius 3 is 2.95 bits per heavy atom. The van der Waals surface area contributed by atoms with E-state index in [1.54, 1.807) is 13.3 Å². The lowest BCUT2D eigenvalue weighted by Crippen LogP contribution is -1.89. The van der Waals surface area contributed by atoms with Crippen molar-refractivity contribution in [1.29, 1.82) is 0 Å². The van der Waals surface area contributed by atoms with Crippen LogP contribution in [-0.4, -0.2) is 28.2 Å². The van der Waals surface area contributed by atoms with Crippen molar-refractivity contribution in [2.24, 2.45) is 0 Å². The molecule has 1 aromatic heterocycles. The molecule has 5 heteroatoms. The largest absolute Gasteiger partial charge is 0.496 e. The molecule has 2 rings (SSSR count). The number of aromatic amines is 1. The fraction of sp³-hybridized carbons (Fsp3) is 0.143. The zero-order valence-electron chi connectivity index (χ0n) is 10.7. The number of carboxylic acid groups (broad SMARTS) is 1. The van der Waals surface area contributed by atoms with Crippen LogP contribution in [0.4, 0.5) is 0 Å². The molecule has 1 aromatic carbocycles. The summed E-state index contributed by atoms with van der Waals surface area (Å²) in [5, 5.41) is 8.57. The van der Waals surface area contributed by atoms with Gasteiger partial charge in [-0.2, -0.15) is 0 Å². The minimum absolute atomic E-state index is 0.487. The maximum atomic E-state index is 10.4. The molecular formula is C14H14N2O3. The van der Waals surface area contributed by atoms with Crippen molar-refractivity contribution in [3.63, 3.8) is 0 Å². The van der Waals surface area contributed by atoms with Crippen molar-refractivity contribution in [2.45, 2.75) is 6.92 Å². The lowest BCUT2D eigenvalue weighted by molar-refractivity contribution is -0.131. The molecule has 5 nitrogen and oxygen atoms in total. The molecule has 98 valence electrons. The molecule has 0 fully saturated rings. The third kappa shape index (κ3) is 3.01. The van der Waals surface area contributed by atoms with E-state index < -0.39 is 5.97 Å². The molecule has 0 spiro atoms. The van der Waals surface area contributed by atoms with Crippen molar-refractivity contribution in [2.75, 3.05) is 7.11 Å². The minimum atomic E-state index is -1.01. The van der Waals surface area contributed by atoms with Gasteiger partial charge in [0.2, 0.25) is 0 Å². The van der Waals surface area contributed by atoms with E-state index in [2.05, 4.69) is 9.97 Å². The molecule has 0 aliphatic carbocycles. The average molecular weight is 258 g/mol. The number of benzene rings is 1. The number of H-pyrrole nitrogens is 1. The van der Waals surface area contributed by atoms with Crippen LogP contribution in [0.5, 0.6) is 5.75 Å². The number of methoxy groups -OCH3 is 1. The van der Waals surface area contributed by atoms with Crippen LogP contribution in [0.3, 0.4) is 0 Å². The Morgan fingerprint density at radius 1 is 1.47 bits per heavy atom. The molecule has 0 bridgehead atoms. The highest BCUT2D eigenvalue weighted by Gasteiger charge is 2.08. The average Bonchev–Trinajstić information content (AvgIpc) is 2.85. The monoisotopic (exact) mass is 258 g/mol. The number of nitrogens with one attached hydrogen (secondary N) is 1. The van der Waals surface area contributed by atoms with Crippen molar-refractivity contribution in [1.82, 2.24) is 9.97 Å². The van der Waals surface area contributed by atoms with E-state index in [1.165, 1.54) is 6.08 Å². The fourth-order valence-corrected chi connectivity index (χ4v) is 1.74. The van der Waals surface area contributed by atoms with Crippen LogP contribution in [0.2, 0.25) is 0 Å². The topological polar surface area (TPSA) is 75.2 Å². The molecule has 0 saturated heterocycles. The van der Waals surface area contributed by atoms with E-state index in [1.807, 2.05) is 25.1 Å². The number of rotatable bonds is 4. The Bertz CT molecular complexity index is 629. The first-order chi connectivity index (χ1) is 9.10. The van der Waals surface area contributed by atoms with Crippen molar-refractivity contribution in [3.8, 4) is 17.0 Å². The lowest BCUT2D eigenvalue weighted by Gasteiger charge is -2.07. The van der Waals surface area contributed by atoms with Gasteiger partial charge < -0.3 is 14.8 Å². The minimum Gasteiger partial charge on any atom is -0.496 e. The van der Waals surface area contributed by atoms with Gasteiger partial charge >= 0.3 is 5.97 Å². The first-order valence-electron chi connectivity index (χ1n) is 5.71. The second-order valence-electron chi connectivity index (χ2n) is 4.06. The maximum Gasteiger partial charge on any atom is 0.328 e. The number of aliphatic carboxylic acids is 1. The molecule has 0 amide bonds. The SMILES string of the molecule is COc1ccc(C)cc1-c1cnc(/C=C/C(=O)O)[nH]1. The summed E-state index contributed by atoms with van der Waals surface area (Å²) in [4.78, 5) is 17.6. The van der Waals surface area contributed by atoms with Gasteiger partial charge in [-0.25, -0.2) is 9.78 Å². The van der Waals surface area contributed by atoms with Gasteiger partial charge in [0.05, 0.1) is 19.0 Å². The van der Waals surface area contributed by atoms with Crippen molar-refractivity contribution >= 4 is 12.0 Å². The summed E-state index contributed by atoms with van der Waals surface area (Å²) in [5.41, 5.74) is 2.78. The summed E-state index contributed by atoms with van der Waals surface area (Å²) >= 11 is 0. The van der Waals surface area contributed by atoms with Crippen molar-refractivity contribution in [3.05, 3.63) is 41.9 Å². The summed E-state index contributed by atoms with van der Waals surface area (Å²) in [7, 11) is 1.61. The number of ether oxygens (including phenoxy) is 1. The molecule has 2 N–H and O–H groups in total. The number of hydrogen-bond donors (Lipinski definition) is 2. The molecule has 0 unspecified atom stereocenters. The van der Waals surface area contributed by atoms with Crippen LogP contribution in [-0.2, 0) is 4.79 Å². The van der Waals surface area contributed by atoms with Gasteiger partial charge in [-0.05, 0) is 25.1 Å². The summed E-state index contributed by atoms with van der Waals surface area (Å²) < 4.78 is 5.30. The Labute approximate surface area is 110 Å². The fourth-order valence-electron chi connectivity index (χ4n) is 1.74. The van der Waals surface area contributed by atoms with Crippen LogP contribution in [0.25, 0.3) is 17.3 Å². The number of carboxylic acids is 1. The van der Waals surface area contributed by atoms with Gasteiger partial charge in [-0.15, -0.1) is 0 Å². The molecule has 0 radical (unpaired) electrons. The van der Waals surface area contributed by atoms with Gasteiger partial charge in [0.25, 0.3) is 0 Å². The number of aromatic nitrogens is 2. The summed E-state index contributed by atoms with van der Waals surface area (Å²) in [6.07, 6.45) is 4.10. The second kappa shape index (κ2) is 5.39. The molecule has 2 aromatic rings. The molecule has 0 aliphatic heterocycles. The van der Waals surface area contributed by atoms with Gasteiger partial charge in [-0.1, -0.05) is 11.6 Å². The van der Waals surface area contributed by atoms with E-state index in [-0.39, 0.29) is 0 Å². The Kier molecular flexibility index (Phi) is 3.66. The quantitative estimate of drug-likeness (QED) is 0.826. The third-order valence-corrected chi connectivity index (χ3v) is 2.62. The van der Waals surface area contributed by atoms with Crippen LogP contribution in [0.15, 0.2) is 30.5 Å². The lowest BCUT2D eigenvalue weighted by atomic mass is 10.1. The summed E-state index contributed by atoms with van der Waals surface area (Å²) in [6.45, 7) is 1.99. The van der Waals surface area contributed by atoms with Crippen LogP contribution in [0.1, 0.15) is 11.4 Å². The zero-order chi connectivity index (χ0) is 13.8. The Morgan fingerprint density at radius 2 is 2.26 bits per heavy atom. The number of hydrogen-bond acceptors (Lipinski definition) is 3. The standard InChI is InChI=1S/C14H14N2O3/c1-9-3-4-12(19-2)10(7-9)11-8-15-13(16-11)5-6-14(17)18/h3-8H,1-2H3,(H,15,16)(H,17,18)/b6-5+. The molecular weight excluding hydrogens is 244 g/mol. The predicted octanol–water partition coefficient (Wildman–Crippen LogP) is 2.49. The first kappa shape index (κ1) is 12.9. The Balaban J connectivity index is 2.37. The summed E-state index contributed by atoms with van der Waals surface area (Å²) in [6, 6.07) is 5.83. The summed E-state index contributed by atoms with van der Waals surface area (Å²) in [5.74, 6) is 0.218. The van der Waals surface area contributed by atoms with Gasteiger partial charge in [0.15, 0.2) is 0 Å². The zero-order valence-corrected chi connectivity index (χ0v) is 10.7. The van der Waals surface area contributed by atoms with Gasteiger partial charge in [0, 0.05) is 11.6 Å². The number of aryl methyl sites for hydroxylation is 1. The smallest absolute Gasteiger partial charge is 0.328 e. The molecule has 0 saturated carbocycles. The van der Waals surface area contributed by atoms with Crippen LogP contribution < -0.4 is 4.74 Å². The van der Waals surface area contributed by atoms with Gasteiger partial charge in [-0.3, -0.25) is 0 Å². The number of nitrogens with zero attached hydrogens (tertiary/aromatic N) is 1. The van der Waals surface area contributed by atoms with E-state index in [0.717, 1.165) is 28.6 Å². The van der Waals surface area contributed by atoms with E-state index in [4.69, 9.17) is 9.84 Å². The molecule has 19 heavy (non-hydrogen) atoms. The normalized spacial score (nSPS) is 10.8. The van der Waals surface area contributed by atoms with E-state index >= 15 is 0 Å². The highest BCUT2D eigenvalue weighted by atomic mass is 16.5. The maximum absolute atomic E-state index is 10.4. The second-order valence-corrected chi connectivity index (χ2v) is 4.06. The number of imidazole rings is 1. The first-order valence-corrected chi connectivity index (χ1v) is 5.71. The van der Waals surface area contributed by atoms with E-state index in [9.17, 15) is 4.79 Å². The Hall–Kier alpha value is -2.56. The van der Waals surface area contributed by atoms with Crippen LogP contribution in [0, 0.1) is 6.92 Å². The van der Waals surface area contributed by atoms with Crippen LogP contribution >= 0.6 is 0 Å².